The predicted octanol–water partition coefficient (Wildman–Crippen LogP) is 11.0. The average Bonchev–Trinajstić information content (AvgIpc) is 3.86. The molecule has 6 aromatic carbocycles. The van der Waals surface area contributed by atoms with Gasteiger partial charge in [0.1, 0.15) is 5.69 Å². The number of hydrogen-bond acceptors (Lipinski definition) is 3. The van der Waals surface area contributed by atoms with Gasteiger partial charge in [-0.25, -0.2) is 0 Å². The SMILES string of the molecule is c1ccc(-n2c3ccccc3c3cc(-c4cncc5c4-c4c(cnnc4-c4ccc6c(c4)c4ccccc4n6-c4ccccc4)C5)ccc32)cc1. The van der Waals surface area contributed by atoms with Crippen molar-refractivity contribution in [1.82, 2.24) is 24.3 Å². The third-order valence-corrected chi connectivity index (χ3v) is 10.5. The number of aromatic nitrogens is 5. The van der Waals surface area contributed by atoms with E-state index in [2.05, 4.69) is 160 Å². The Bertz CT molecular complexity index is 2790. The molecule has 0 radical (unpaired) electrons. The lowest BCUT2D eigenvalue weighted by atomic mass is 9.93. The molecular formula is C46H29N5. The van der Waals surface area contributed by atoms with E-state index in [1.54, 1.807) is 0 Å². The molecule has 0 N–H and O–H groups in total. The van der Waals surface area contributed by atoms with Gasteiger partial charge < -0.3 is 9.13 Å². The number of benzene rings is 6. The number of hydrogen-bond donors (Lipinski definition) is 0. The molecule has 0 spiro atoms. The Labute approximate surface area is 293 Å². The summed E-state index contributed by atoms with van der Waals surface area (Å²) in [5.74, 6) is 0. The fourth-order valence-electron chi connectivity index (χ4n) is 8.37. The molecule has 0 atom stereocenters. The zero-order valence-corrected chi connectivity index (χ0v) is 27.5. The van der Waals surface area contributed by atoms with Crippen LogP contribution < -0.4 is 0 Å². The number of nitrogens with zero attached hydrogens (tertiary/aromatic N) is 5. The molecule has 0 unspecified atom stereocenters. The van der Waals surface area contributed by atoms with Crippen molar-refractivity contribution in [2.45, 2.75) is 6.42 Å². The molecule has 1 aliphatic carbocycles. The molecule has 0 bridgehead atoms. The normalized spacial score (nSPS) is 12.2. The first kappa shape index (κ1) is 28.0. The van der Waals surface area contributed by atoms with Crippen LogP contribution in [-0.2, 0) is 6.42 Å². The molecule has 4 heterocycles. The van der Waals surface area contributed by atoms with E-state index < -0.39 is 0 Å². The molecule has 1 aliphatic rings. The Morgan fingerprint density at radius 3 is 1.61 bits per heavy atom. The van der Waals surface area contributed by atoms with Gasteiger partial charge in [0.25, 0.3) is 0 Å². The number of rotatable bonds is 4. The van der Waals surface area contributed by atoms with Crippen molar-refractivity contribution < 1.29 is 0 Å². The summed E-state index contributed by atoms with van der Waals surface area (Å²) < 4.78 is 4.70. The molecule has 0 saturated heterocycles. The molecule has 0 aliphatic heterocycles. The summed E-state index contributed by atoms with van der Waals surface area (Å²) in [6.45, 7) is 0. The van der Waals surface area contributed by atoms with Gasteiger partial charge >= 0.3 is 0 Å². The first-order chi connectivity index (χ1) is 25.3. The lowest BCUT2D eigenvalue weighted by molar-refractivity contribution is 1.02. The van der Waals surface area contributed by atoms with E-state index in [-0.39, 0.29) is 0 Å². The van der Waals surface area contributed by atoms with Gasteiger partial charge in [0, 0.05) is 68.4 Å². The van der Waals surface area contributed by atoms with Gasteiger partial charge in [-0.05, 0) is 82.9 Å². The minimum Gasteiger partial charge on any atom is -0.309 e. The highest BCUT2D eigenvalue weighted by Gasteiger charge is 2.28. The number of para-hydroxylation sites is 4. The monoisotopic (exact) mass is 651 g/mol. The van der Waals surface area contributed by atoms with Gasteiger partial charge in [-0.3, -0.25) is 4.98 Å². The zero-order valence-electron chi connectivity index (χ0n) is 27.5. The molecule has 5 heteroatoms. The average molecular weight is 652 g/mol. The van der Waals surface area contributed by atoms with Crippen molar-refractivity contribution in [2.24, 2.45) is 0 Å². The second-order valence-electron chi connectivity index (χ2n) is 13.3. The third-order valence-electron chi connectivity index (χ3n) is 10.5. The van der Waals surface area contributed by atoms with Crippen LogP contribution in [0.5, 0.6) is 0 Å². The Kier molecular flexibility index (Phi) is 5.95. The molecule has 5 nitrogen and oxygen atoms in total. The van der Waals surface area contributed by atoms with Crippen LogP contribution in [0.15, 0.2) is 164 Å². The Morgan fingerprint density at radius 2 is 0.961 bits per heavy atom. The zero-order chi connectivity index (χ0) is 33.5. The van der Waals surface area contributed by atoms with Crippen molar-refractivity contribution >= 4 is 43.6 Å². The predicted molar refractivity (Wildman–Crippen MR) is 208 cm³/mol. The quantitative estimate of drug-likeness (QED) is 0.190. The van der Waals surface area contributed by atoms with Gasteiger partial charge in [0.2, 0.25) is 0 Å². The smallest absolute Gasteiger partial charge is 0.101 e. The Balaban J connectivity index is 1.11. The maximum Gasteiger partial charge on any atom is 0.101 e. The van der Waals surface area contributed by atoms with Gasteiger partial charge in [0.05, 0.1) is 28.3 Å². The lowest BCUT2D eigenvalue weighted by Crippen LogP contribution is -1.96. The van der Waals surface area contributed by atoms with E-state index in [4.69, 9.17) is 10.1 Å². The van der Waals surface area contributed by atoms with Crippen molar-refractivity contribution in [3.63, 3.8) is 0 Å². The summed E-state index contributed by atoms with van der Waals surface area (Å²) in [7, 11) is 0. The van der Waals surface area contributed by atoms with Crippen LogP contribution in [-0.4, -0.2) is 24.3 Å². The van der Waals surface area contributed by atoms with Crippen molar-refractivity contribution in [3.8, 4) is 44.9 Å². The van der Waals surface area contributed by atoms with Crippen molar-refractivity contribution in [2.75, 3.05) is 0 Å². The van der Waals surface area contributed by atoms with Gasteiger partial charge in [-0.15, -0.1) is 5.10 Å². The molecule has 10 aromatic rings. The van der Waals surface area contributed by atoms with Gasteiger partial charge in [0.15, 0.2) is 0 Å². The first-order valence-electron chi connectivity index (χ1n) is 17.3. The second kappa shape index (κ2) is 10.8. The summed E-state index contributed by atoms with van der Waals surface area (Å²) in [4.78, 5) is 4.77. The largest absolute Gasteiger partial charge is 0.309 e. The molecule has 0 saturated carbocycles. The highest BCUT2D eigenvalue weighted by Crippen LogP contribution is 2.47. The van der Waals surface area contributed by atoms with Crippen LogP contribution in [0.1, 0.15) is 11.1 Å². The van der Waals surface area contributed by atoms with Crippen LogP contribution in [0, 0.1) is 0 Å². The molecular weight excluding hydrogens is 623 g/mol. The van der Waals surface area contributed by atoms with E-state index >= 15 is 0 Å². The lowest BCUT2D eigenvalue weighted by Gasteiger charge is -2.13. The van der Waals surface area contributed by atoms with Crippen LogP contribution in [0.25, 0.3) is 88.5 Å². The fraction of sp³-hybridized carbons (Fsp3) is 0.0217. The Hall–Kier alpha value is -6.85. The molecule has 11 rings (SSSR count). The standard InChI is InChI=1S/C46H29N5/c1-3-11-33(12-4-1)50-40-17-9-7-15-35(40)37-24-29(19-21-42(37)50)39-28-47-26-31-23-32-27-48-49-46(45(32)44(31)39)30-20-22-43-38(25-30)36-16-8-10-18-41(36)51(43)34-13-5-2-6-14-34/h1-22,24-28H,23H2. The topological polar surface area (TPSA) is 48.5 Å². The van der Waals surface area contributed by atoms with E-state index in [1.165, 1.54) is 60.3 Å². The maximum atomic E-state index is 4.85. The molecule has 51 heavy (non-hydrogen) atoms. The van der Waals surface area contributed by atoms with E-state index in [0.29, 0.717) is 0 Å². The number of fused-ring (bicyclic) bond motifs is 9. The second-order valence-corrected chi connectivity index (χ2v) is 13.3. The number of pyridine rings is 1. The highest BCUT2D eigenvalue weighted by molar-refractivity contribution is 6.12. The van der Waals surface area contributed by atoms with E-state index in [9.17, 15) is 0 Å². The van der Waals surface area contributed by atoms with Gasteiger partial charge in [-0.2, -0.15) is 5.10 Å². The molecule has 0 fully saturated rings. The molecule has 0 amide bonds. The molecule has 4 aromatic heterocycles. The Morgan fingerprint density at radius 1 is 0.431 bits per heavy atom. The van der Waals surface area contributed by atoms with Crippen LogP contribution in [0.4, 0.5) is 0 Å². The van der Waals surface area contributed by atoms with Gasteiger partial charge in [-0.1, -0.05) is 84.9 Å². The van der Waals surface area contributed by atoms with E-state index in [0.717, 1.165) is 45.7 Å². The summed E-state index contributed by atoms with van der Waals surface area (Å²) in [5, 5.41) is 14.3. The summed E-state index contributed by atoms with van der Waals surface area (Å²) in [5.41, 5.74) is 16.0. The molecule has 238 valence electrons. The van der Waals surface area contributed by atoms with E-state index in [1.807, 2.05) is 18.6 Å². The van der Waals surface area contributed by atoms with Crippen molar-refractivity contribution in [3.05, 3.63) is 175 Å². The highest BCUT2D eigenvalue weighted by atomic mass is 15.1. The summed E-state index contributed by atoms with van der Waals surface area (Å²) >= 11 is 0. The minimum atomic E-state index is 0.777. The van der Waals surface area contributed by atoms with Crippen LogP contribution in [0.3, 0.4) is 0 Å². The first-order valence-corrected chi connectivity index (χ1v) is 17.3. The van der Waals surface area contributed by atoms with Crippen LogP contribution in [0.2, 0.25) is 0 Å². The fourth-order valence-corrected chi connectivity index (χ4v) is 8.37. The minimum absolute atomic E-state index is 0.777. The maximum absolute atomic E-state index is 4.85. The van der Waals surface area contributed by atoms with Crippen molar-refractivity contribution in [1.29, 1.82) is 0 Å². The third kappa shape index (κ3) is 4.12. The summed E-state index contributed by atoms with van der Waals surface area (Å²) in [6.07, 6.45) is 6.74. The summed E-state index contributed by atoms with van der Waals surface area (Å²) in [6, 6.07) is 52.1. The van der Waals surface area contributed by atoms with Crippen LogP contribution >= 0.6 is 0 Å².